The highest BCUT2D eigenvalue weighted by atomic mass is 16.3. The van der Waals surface area contributed by atoms with Gasteiger partial charge in [-0.3, -0.25) is 4.79 Å². The summed E-state index contributed by atoms with van der Waals surface area (Å²) in [5, 5.41) is 15.4. The van der Waals surface area contributed by atoms with Crippen molar-refractivity contribution >= 4 is 5.91 Å². The summed E-state index contributed by atoms with van der Waals surface area (Å²) in [7, 11) is 1.62. The lowest BCUT2D eigenvalue weighted by Crippen LogP contribution is -2.40. The van der Waals surface area contributed by atoms with Crippen LogP contribution in [-0.2, 0) is 11.3 Å². The van der Waals surface area contributed by atoms with Gasteiger partial charge in [-0.25, -0.2) is 0 Å². The summed E-state index contributed by atoms with van der Waals surface area (Å²) in [5.41, 5.74) is 2.78. The first-order valence-corrected chi connectivity index (χ1v) is 5.69. The smallest absolute Gasteiger partial charge is 0.236 e. The number of carbonyl (C=O) groups is 1. The molecule has 1 rings (SSSR count). The topological polar surface area (TPSA) is 61.4 Å². The van der Waals surface area contributed by atoms with E-state index in [4.69, 9.17) is 0 Å². The molecule has 4 nitrogen and oxygen atoms in total. The zero-order valence-corrected chi connectivity index (χ0v) is 10.8. The number of rotatable bonds is 4. The Hall–Kier alpha value is -1.55. The number of nitrogens with one attached hydrogen (secondary N) is 2. The third-order valence-corrected chi connectivity index (χ3v) is 2.80. The molecule has 1 unspecified atom stereocenters. The average Bonchev–Trinajstić information content (AvgIpc) is 2.31. The van der Waals surface area contributed by atoms with Crippen LogP contribution < -0.4 is 10.6 Å². The number of likely N-dealkylation sites (N-methyl/N-ethyl adjacent to an activating group) is 1. The molecular formula is C13H20N2O2. The largest absolute Gasteiger partial charge is 0.507 e. The van der Waals surface area contributed by atoms with E-state index in [1.54, 1.807) is 7.05 Å². The van der Waals surface area contributed by atoms with Crippen molar-refractivity contribution in [3.05, 3.63) is 28.8 Å². The fourth-order valence-corrected chi connectivity index (χ4v) is 1.73. The van der Waals surface area contributed by atoms with Gasteiger partial charge in [0.2, 0.25) is 5.91 Å². The van der Waals surface area contributed by atoms with Crippen LogP contribution in [0, 0.1) is 13.8 Å². The van der Waals surface area contributed by atoms with Crippen molar-refractivity contribution in [3.8, 4) is 5.75 Å². The number of phenolic OH excluding ortho intramolecular Hbond substituents is 1. The SMILES string of the molecule is CNC(=O)C(C)NCc1cc(C)c(O)c(C)c1. The van der Waals surface area contributed by atoms with E-state index >= 15 is 0 Å². The van der Waals surface area contributed by atoms with Crippen molar-refractivity contribution in [3.63, 3.8) is 0 Å². The fraction of sp³-hybridized carbons (Fsp3) is 0.462. The molecule has 0 saturated carbocycles. The van der Waals surface area contributed by atoms with Crippen molar-refractivity contribution in [1.29, 1.82) is 0 Å². The van der Waals surface area contributed by atoms with Crippen LogP contribution in [0.4, 0.5) is 0 Å². The lowest BCUT2D eigenvalue weighted by molar-refractivity contribution is -0.122. The molecule has 0 saturated heterocycles. The van der Waals surface area contributed by atoms with Crippen molar-refractivity contribution < 1.29 is 9.90 Å². The highest BCUT2D eigenvalue weighted by Crippen LogP contribution is 2.22. The van der Waals surface area contributed by atoms with Gasteiger partial charge in [0.1, 0.15) is 5.75 Å². The van der Waals surface area contributed by atoms with Gasteiger partial charge < -0.3 is 15.7 Å². The Morgan fingerprint density at radius 1 is 1.35 bits per heavy atom. The molecule has 94 valence electrons. The van der Waals surface area contributed by atoms with Crippen molar-refractivity contribution in [2.24, 2.45) is 0 Å². The summed E-state index contributed by atoms with van der Waals surface area (Å²) in [6.45, 7) is 6.16. The van der Waals surface area contributed by atoms with Crippen LogP contribution in [0.2, 0.25) is 0 Å². The number of amides is 1. The van der Waals surface area contributed by atoms with Gasteiger partial charge in [-0.15, -0.1) is 0 Å². The zero-order chi connectivity index (χ0) is 13.0. The summed E-state index contributed by atoms with van der Waals surface area (Å²) < 4.78 is 0. The standard InChI is InChI=1S/C13H20N2O2/c1-8-5-11(6-9(2)12(8)16)7-15-10(3)13(17)14-4/h5-6,10,15-16H,7H2,1-4H3,(H,14,17). The second-order valence-electron chi connectivity index (χ2n) is 4.30. The van der Waals surface area contributed by atoms with E-state index in [1.807, 2.05) is 32.9 Å². The molecule has 3 N–H and O–H groups in total. The van der Waals surface area contributed by atoms with E-state index in [-0.39, 0.29) is 11.9 Å². The van der Waals surface area contributed by atoms with Crippen molar-refractivity contribution in [1.82, 2.24) is 10.6 Å². The predicted octanol–water partition coefficient (Wildman–Crippen LogP) is 1.23. The maximum Gasteiger partial charge on any atom is 0.236 e. The van der Waals surface area contributed by atoms with Gasteiger partial charge in [0.05, 0.1) is 6.04 Å². The van der Waals surface area contributed by atoms with Gasteiger partial charge >= 0.3 is 0 Å². The molecule has 0 spiro atoms. The molecule has 0 aliphatic rings. The zero-order valence-electron chi connectivity index (χ0n) is 10.8. The molecule has 1 atom stereocenters. The van der Waals surface area contributed by atoms with Crippen LogP contribution in [0.15, 0.2) is 12.1 Å². The summed E-state index contributed by atoms with van der Waals surface area (Å²) in [5.74, 6) is 0.310. The summed E-state index contributed by atoms with van der Waals surface area (Å²) in [6.07, 6.45) is 0. The molecule has 0 bridgehead atoms. The highest BCUT2D eigenvalue weighted by Gasteiger charge is 2.10. The Balaban J connectivity index is 2.67. The van der Waals surface area contributed by atoms with Gasteiger partial charge in [-0.05, 0) is 37.5 Å². The Bertz CT molecular complexity index is 393. The van der Waals surface area contributed by atoms with Crippen LogP contribution in [0.3, 0.4) is 0 Å². The van der Waals surface area contributed by atoms with Crippen LogP contribution >= 0.6 is 0 Å². The normalized spacial score (nSPS) is 12.2. The number of hydrogen-bond acceptors (Lipinski definition) is 3. The van der Waals surface area contributed by atoms with Crippen LogP contribution in [-0.4, -0.2) is 24.1 Å². The van der Waals surface area contributed by atoms with Gasteiger partial charge in [0.15, 0.2) is 0 Å². The summed E-state index contributed by atoms with van der Waals surface area (Å²) in [6, 6.07) is 3.62. The Kier molecular flexibility index (Phi) is 4.52. The molecule has 0 fully saturated rings. The van der Waals surface area contributed by atoms with E-state index in [9.17, 15) is 9.90 Å². The number of carbonyl (C=O) groups excluding carboxylic acids is 1. The van der Waals surface area contributed by atoms with Crippen molar-refractivity contribution in [2.75, 3.05) is 7.05 Å². The molecule has 0 radical (unpaired) electrons. The molecule has 0 aliphatic carbocycles. The van der Waals surface area contributed by atoms with Gasteiger partial charge in [-0.2, -0.15) is 0 Å². The van der Waals surface area contributed by atoms with E-state index in [0.29, 0.717) is 12.3 Å². The van der Waals surface area contributed by atoms with Gasteiger partial charge in [0.25, 0.3) is 0 Å². The minimum atomic E-state index is -0.227. The number of aromatic hydroxyl groups is 1. The third kappa shape index (κ3) is 3.46. The molecule has 0 heterocycles. The van der Waals surface area contributed by atoms with E-state index in [1.165, 1.54) is 0 Å². The number of hydrogen-bond donors (Lipinski definition) is 3. The van der Waals surface area contributed by atoms with Crippen LogP contribution in [0.5, 0.6) is 5.75 Å². The van der Waals surface area contributed by atoms with Crippen LogP contribution in [0.25, 0.3) is 0 Å². The maximum atomic E-state index is 11.3. The molecule has 1 aromatic rings. The fourth-order valence-electron chi connectivity index (χ4n) is 1.73. The van der Waals surface area contributed by atoms with E-state index < -0.39 is 0 Å². The maximum absolute atomic E-state index is 11.3. The first-order valence-electron chi connectivity index (χ1n) is 5.69. The Labute approximate surface area is 102 Å². The Morgan fingerprint density at radius 2 is 1.88 bits per heavy atom. The van der Waals surface area contributed by atoms with Gasteiger partial charge in [-0.1, -0.05) is 12.1 Å². The molecule has 0 aliphatic heterocycles. The first-order chi connectivity index (χ1) is 7.95. The molecule has 0 aromatic heterocycles. The van der Waals surface area contributed by atoms with Crippen LogP contribution in [0.1, 0.15) is 23.6 Å². The second-order valence-corrected chi connectivity index (χ2v) is 4.30. The Morgan fingerprint density at radius 3 is 2.35 bits per heavy atom. The minimum absolute atomic E-state index is 0.0303. The molecule has 17 heavy (non-hydrogen) atoms. The van der Waals surface area contributed by atoms with E-state index in [0.717, 1.165) is 16.7 Å². The quantitative estimate of drug-likeness (QED) is 0.737. The first kappa shape index (κ1) is 13.5. The van der Waals surface area contributed by atoms with E-state index in [2.05, 4.69) is 10.6 Å². The highest BCUT2D eigenvalue weighted by molar-refractivity contribution is 5.80. The molecule has 4 heteroatoms. The third-order valence-electron chi connectivity index (χ3n) is 2.80. The lowest BCUT2D eigenvalue weighted by atomic mass is 10.1. The number of aryl methyl sites for hydroxylation is 2. The lowest BCUT2D eigenvalue weighted by Gasteiger charge is -2.13. The minimum Gasteiger partial charge on any atom is -0.507 e. The summed E-state index contributed by atoms with van der Waals surface area (Å²) >= 11 is 0. The second kappa shape index (κ2) is 5.68. The number of phenols is 1. The molecular weight excluding hydrogens is 216 g/mol. The molecule has 1 amide bonds. The molecule has 1 aromatic carbocycles. The number of benzene rings is 1. The summed E-state index contributed by atoms with van der Waals surface area (Å²) in [4.78, 5) is 11.3. The van der Waals surface area contributed by atoms with Gasteiger partial charge in [0, 0.05) is 13.6 Å². The van der Waals surface area contributed by atoms with Crippen molar-refractivity contribution in [2.45, 2.75) is 33.4 Å². The monoisotopic (exact) mass is 236 g/mol. The average molecular weight is 236 g/mol. The predicted molar refractivity (Wildman–Crippen MR) is 67.9 cm³/mol.